The Morgan fingerprint density at radius 1 is 1.08 bits per heavy atom. The van der Waals surface area contributed by atoms with E-state index in [0.29, 0.717) is 19.4 Å². The summed E-state index contributed by atoms with van der Waals surface area (Å²) in [4.78, 5) is 39.3. The molecule has 1 saturated heterocycles. The zero-order valence-corrected chi connectivity index (χ0v) is 16.1. The van der Waals surface area contributed by atoms with E-state index in [1.54, 1.807) is 11.9 Å². The van der Waals surface area contributed by atoms with Crippen molar-refractivity contribution in [3.8, 4) is 0 Å². The van der Waals surface area contributed by atoms with Crippen molar-refractivity contribution in [1.29, 1.82) is 0 Å². The minimum absolute atomic E-state index is 0.0224. The van der Waals surface area contributed by atoms with E-state index in [2.05, 4.69) is 10.6 Å². The Kier molecular flexibility index (Phi) is 6.12. The van der Waals surface area contributed by atoms with Crippen LogP contribution in [0.15, 0.2) is 0 Å². The highest BCUT2D eigenvalue weighted by Gasteiger charge is 2.42. The molecule has 25 heavy (non-hydrogen) atoms. The molecule has 6 heteroatoms. The topological polar surface area (TPSA) is 78.5 Å². The molecule has 2 N–H and O–H groups in total. The Labute approximate surface area is 151 Å². The van der Waals surface area contributed by atoms with E-state index < -0.39 is 17.0 Å². The minimum atomic E-state index is -0.493. The molecule has 1 heterocycles. The fourth-order valence-corrected chi connectivity index (χ4v) is 4.03. The second-order valence-electron chi connectivity index (χ2n) is 8.59. The average molecular weight is 351 g/mol. The summed E-state index contributed by atoms with van der Waals surface area (Å²) in [6, 6.07) is -0.407. The highest BCUT2D eigenvalue weighted by atomic mass is 16.2. The van der Waals surface area contributed by atoms with Crippen LogP contribution in [-0.2, 0) is 14.4 Å². The van der Waals surface area contributed by atoms with Crippen molar-refractivity contribution in [3.63, 3.8) is 0 Å². The predicted octanol–water partition coefficient (Wildman–Crippen LogP) is 1.98. The first-order valence-corrected chi connectivity index (χ1v) is 9.52. The van der Waals surface area contributed by atoms with Gasteiger partial charge in [0, 0.05) is 31.0 Å². The number of carbonyl (C=O) groups excluding carboxylic acids is 3. The normalized spacial score (nSPS) is 23.2. The Morgan fingerprint density at radius 3 is 2.28 bits per heavy atom. The van der Waals surface area contributed by atoms with Crippen LogP contribution in [0.2, 0.25) is 0 Å². The summed E-state index contributed by atoms with van der Waals surface area (Å²) in [6.07, 6.45) is 6.70. The van der Waals surface area contributed by atoms with Gasteiger partial charge in [-0.2, -0.15) is 0 Å². The second-order valence-corrected chi connectivity index (χ2v) is 8.59. The van der Waals surface area contributed by atoms with Crippen molar-refractivity contribution < 1.29 is 14.4 Å². The van der Waals surface area contributed by atoms with Crippen LogP contribution in [0.1, 0.15) is 72.1 Å². The number of likely N-dealkylation sites (tertiary alicyclic amines) is 1. The Hall–Kier alpha value is -1.59. The van der Waals surface area contributed by atoms with E-state index in [1.807, 2.05) is 20.8 Å². The summed E-state index contributed by atoms with van der Waals surface area (Å²) in [7, 11) is 1.63. The van der Waals surface area contributed by atoms with Gasteiger partial charge in [0.2, 0.25) is 17.7 Å². The molecule has 2 rings (SSSR count). The van der Waals surface area contributed by atoms with Gasteiger partial charge in [0.05, 0.1) is 0 Å². The molecular formula is C19H33N3O3. The lowest BCUT2D eigenvalue weighted by atomic mass is 9.78. The summed E-state index contributed by atoms with van der Waals surface area (Å²) in [5.41, 5.74) is -0.956. The van der Waals surface area contributed by atoms with E-state index in [1.165, 1.54) is 0 Å². The van der Waals surface area contributed by atoms with Crippen LogP contribution in [0, 0.1) is 5.41 Å². The number of hydrogen-bond acceptors (Lipinski definition) is 3. The van der Waals surface area contributed by atoms with Crippen molar-refractivity contribution in [2.24, 2.45) is 5.41 Å². The standard InChI is InChI=1S/C19H33N3O3/c1-18(2,3)17(25)22-12-8-9-14(22)16(24)21-19(13-15(23)20-4)10-6-5-7-11-19/h14H,5-13H2,1-4H3,(H,20,23)(H,21,24)/t14-/m0/s1. The summed E-state index contributed by atoms with van der Waals surface area (Å²) < 4.78 is 0. The molecule has 6 nitrogen and oxygen atoms in total. The number of nitrogens with zero attached hydrogens (tertiary/aromatic N) is 1. The highest BCUT2D eigenvalue weighted by Crippen LogP contribution is 2.32. The summed E-state index contributed by atoms with van der Waals surface area (Å²) in [5, 5.41) is 5.85. The minimum Gasteiger partial charge on any atom is -0.359 e. The monoisotopic (exact) mass is 351 g/mol. The zero-order valence-electron chi connectivity index (χ0n) is 16.1. The third-order valence-electron chi connectivity index (χ3n) is 5.43. The second kappa shape index (κ2) is 7.75. The van der Waals surface area contributed by atoms with Gasteiger partial charge in [-0.05, 0) is 25.7 Å². The fourth-order valence-electron chi connectivity index (χ4n) is 4.03. The van der Waals surface area contributed by atoms with Crippen LogP contribution >= 0.6 is 0 Å². The Morgan fingerprint density at radius 2 is 1.72 bits per heavy atom. The van der Waals surface area contributed by atoms with Crippen LogP contribution in [0.4, 0.5) is 0 Å². The maximum Gasteiger partial charge on any atom is 0.243 e. The van der Waals surface area contributed by atoms with Gasteiger partial charge in [-0.1, -0.05) is 40.0 Å². The van der Waals surface area contributed by atoms with Gasteiger partial charge in [0.1, 0.15) is 6.04 Å². The van der Waals surface area contributed by atoms with Gasteiger partial charge in [-0.3, -0.25) is 14.4 Å². The third kappa shape index (κ3) is 4.73. The lowest BCUT2D eigenvalue weighted by molar-refractivity contribution is -0.145. The van der Waals surface area contributed by atoms with E-state index in [0.717, 1.165) is 38.5 Å². The molecule has 0 aromatic carbocycles. The van der Waals surface area contributed by atoms with Crippen molar-refractivity contribution in [2.45, 2.75) is 83.7 Å². The van der Waals surface area contributed by atoms with Crippen LogP contribution in [0.25, 0.3) is 0 Å². The van der Waals surface area contributed by atoms with Gasteiger partial charge >= 0.3 is 0 Å². The number of amides is 3. The highest BCUT2D eigenvalue weighted by molar-refractivity contribution is 5.91. The number of rotatable bonds is 4. The average Bonchev–Trinajstić information content (AvgIpc) is 3.03. The fraction of sp³-hybridized carbons (Fsp3) is 0.842. The summed E-state index contributed by atoms with van der Waals surface area (Å²) in [6.45, 7) is 6.29. The lowest BCUT2D eigenvalue weighted by Crippen LogP contribution is -2.57. The Balaban J connectivity index is 2.11. The first-order valence-electron chi connectivity index (χ1n) is 9.52. The van der Waals surface area contributed by atoms with E-state index in [4.69, 9.17) is 0 Å². The van der Waals surface area contributed by atoms with E-state index >= 15 is 0 Å². The number of hydrogen-bond donors (Lipinski definition) is 2. The molecule has 1 aliphatic heterocycles. The van der Waals surface area contributed by atoms with Gasteiger partial charge in [-0.25, -0.2) is 0 Å². The van der Waals surface area contributed by atoms with E-state index in [9.17, 15) is 14.4 Å². The molecule has 142 valence electrons. The van der Waals surface area contributed by atoms with Gasteiger partial charge in [0.15, 0.2) is 0 Å². The van der Waals surface area contributed by atoms with Crippen LogP contribution in [0.3, 0.4) is 0 Å². The molecule has 0 spiro atoms. The van der Waals surface area contributed by atoms with Gasteiger partial charge in [0.25, 0.3) is 0 Å². The maximum absolute atomic E-state index is 13.0. The first kappa shape index (κ1) is 19.7. The largest absolute Gasteiger partial charge is 0.359 e. The van der Waals surface area contributed by atoms with Crippen LogP contribution in [0.5, 0.6) is 0 Å². The smallest absolute Gasteiger partial charge is 0.243 e. The predicted molar refractivity (Wildman–Crippen MR) is 96.8 cm³/mol. The molecule has 0 aromatic heterocycles. The van der Waals surface area contributed by atoms with Crippen molar-refractivity contribution >= 4 is 17.7 Å². The molecule has 0 aromatic rings. The quantitative estimate of drug-likeness (QED) is 0.813. The summed E-state index contributed by atoms with van der Waals surface area (Å²) in [5.74, 6) is -0.119. The van der Waals surface area contributed by atoms with Gasteiger partial charge in [-0.15, -0.1) is 0 Å². The SMILES string of the molecule is CNC(=O)CC1(NC(=O)[C@@H]2CCCN2C(=O)C(C)(C)C)CCCCC1. The van der Waals surface area contributed by atoms with Crippen LogP contribution < -0.4 is 10.6 Å². The molecule has 1 aliphatic carbocycles. The van der Waals surface area contributed by atoms with Crippen molar-refractivity contribution in [2.75, 3.05) is 13.6 Å². The van der Waals surface area contributed by atoms with Crippen molar-refractivity contribution in [1.82, 2.24) is 15.5 Å². The molecule has 2 aliphatic rings. The third-order valence-corrected chi connectivity index (χ3v) is 5.43. The molecule has 3 amide bonds. The molecule has 1 atom stereocenters. The first-order chi connectivity index (χ1) is 11.7. The van der Waals surface area contributed by atoms with E-state index in [-0.39, 0.29) is 17.7 Å². The number of nitrogens with one attached hydrogen (secondary N) is 2. The zero-order chi connectivity index (χ0) is 18.7. The van der Waals surface area contributed by atoms with Gasteiger partial charge < -0.3 is 15.5 Å². The molecule has 0 radical (unpaired) electrons. The number of carbonyl (C=O) groups is 3. The molecular weight excluding hydrogens is 318 g/mol. The molecule has 0 unspecified atom stereocenters. The summed E-state index contributed by atoms with van der Waals surface area (Å²) >= 11 is 0. The molecule has 2 fully saturated rings. The van der Waals surface area contributed by atoms with Crippen molar-refractivity contribution in [3.05, 3.63) is 0 Å². The Bertz CT molecular complexity index is 518. The lowest BCUT2D eigenvalue weighted by Gasteiger charge is -2.39. The molecule has 1 saturated carbocycles. The molecule has 0 bridgehead atoms. The van der Waals surface area contributed by atoms with Crippen LogP contribution in [-0.4, -0.2) is 47.8 Å². The maximum atomic E-state index is 13.0.